The predicted molar refractivity (Wildman–Crippen MR) is 46.8 cm³/mol. The summed E-state index contributed by atoms with van der Waals surface area (Å²) in [5.41, 5.74) is 0. The van der Waals surface area contributed by atoms with E-state index < -0.39 is 0 Å². The molecule has 10 heavy (non-hydrogen) atoms. The van der Waals surface area contributed by atoms with Crippen LogP contribution >= 0.6 is 0 Å². The van der Waals surface area contributed by atoms with Gasteiger partial charge in [-0.1, -0.05) is 38.2 Å². The first kappa shape index (κ1) is 9.44. The fourth-order valence-corrected chi connectivity index (χ4v) is 0.571. The second-order valence-electron chi connectivity index (χ2n) is 1.92. The highest BCUT2D eigenvalue weighted by Crippen LogP contribution is 1.91. The van der Waals surface area contributed by atoms with E-state index in [1.54, 1.807) is 0 Å². The van der Waals surface area contributed by atoms with Gasteiger partial charge in [-0.05, 0) is 13.1 Å². The third-order valence-electron chi connectivity index (χ3n) is 1.06. The highest BCUT2D eigenvalue weighted by Gasteiger charge is 1.72. The number of allylic oxidation sites excluding steroid dienone is 4. The maximum atomic E-state index is 3.11. The van der Waals surface area contributed by atoms with Crippen LogP contribution in [0.15, 0.2) is 24.3 Å². The Morgan fingerprint density at radius 2 is 1.40 bits per heavy atom. The molecule has 0 aliphatic heterocycles. The van der Waals surface area contributed by atoms with Crippen LogP contribution < -0.4 is 5.32 Å². The van der Waals surface area contributed by atoms with Crippen LogP contribution in [-0.2, 0) is 0 Å². The molecule has 0 saturated heterocycles. The molecule has 0 aromatic rings. The molecule has 1 N–H and O–H groups in total. The summed E-state index contributed by atoms with van der Waals surface area (Å²) < 4.78 is 0. The van der Waals surface area contributed by atoms with Crippen molar-refractivity contribution in [2.24, 2.45) is 0 Å². The maximum absolute atomic E-state index is 3.11. The third kappa shape index (κ3) is 7.44. The summed E-state index contributed by atoms with van der Waals surface area (Å²) in [7, 11) is 0. The van der Waals surface area contributed by atoms with Gasteiger partial charge in [0.1, 0.15) is 0 Å². The molecular formula is C9H16N. The lowest BCUT2D eigenvalue weighted by Crippen LogP contribution is -2.09. The first-order chi connectivity index (χ1) is 4.91. The zero-order valence-corrected chi connectivity index (χ0v) is 6.80. The molecule has 1 rings (SSSR count). The fourth-order valence-electron chi connectivity index (χ4n) is 0.571. The van der Waals surface area contributed by atoms with E-state index in [2.05, 4.69) is 19.2 Å². The van der Waals surface area contributed by atoms with Crippen LogP contribution in [-0.4, -0.2) is 13.1 Å². The van der Waals surface area contributed by atoms with E-state index in [1.807, 2.05) is 30.7 Å². The SMILES string of the molecule is CCNCC.[CH]1C=CC=C1. The number of hydrogen-bond donors (Lipinski definition) is 1. The summed E-state index contributed by atoms with van der Waals surface area (Å²) in [5.74, 6) is 0. The van der Waals surface area contributed by atoms with Gasteiger partial charge in [0.05, 0.1) is 0 Å². The van der Waals surface area contributed by atoms with E-state index in [4.69, 9.17) is 0 Å². The van der Waals surface area contributed by atoms with Crippen molar-refractivity contribution in [3.8, 4) is 0 Å². The van der Waals surface area contributed by atoms with Gasteiger partial charge in [-0.3, -0.25) is 0 Å². The van der Waals surface area contributed by atoms with Gasteiger partial charge in [-0.15, -0.1) is 0 Å². The number of nitrogens with one attached hydrogen (secondary N) is 1. The first-order valence-electron chi connectivity index (χ1n) is 3.79. The molecule has 0 atom stereocenters. The largest absolute Gasteiger partial charge is 0.317 e. The van der Waals surface area contributed by atoms with Gasteiger partial charge in [-0.25, -0.2) is 0 Å². The van der Waals surface area contributed by atoms with Crippen molar-refractivity contribution in [3.63, 3.8) is 0 Å². The van der Waals surface area contributed by atoms with E-state index in [9.17, 15) is 0 Å². The molecule has 0 aromatic carbocycles. The molecule has 0 saturated carbocycles. The van der Waals surface area contributed by atoms with Crippen molar-refractivity contribution in [3.05, 3.63) is 30.7 Å². The highest BCUT2D eigenvalue weighted by atomic mass is 14.8. The van der Waals surface area contributed by atoms with Gasteiger partial charge in [0.2, 0.25) is 0 Å². The quantitative estimate of drug-likeness (QED) is 0.615. The second-order valence-corrected chi connectivity index (χ2v) is 1.92. The van der Waals surface area contributed by atoms with Crippen molar-refractivity contribution in [2.75, 3.05) is 13.1 Å². The molecule has 1 heteroatoms. The average molecular weight is 138 g/mol. The Balaban J connectivity index is 0.000000162. The molecule has 1 aliphatic carbocycles. The van der Waals surface area contributed by atoms with Gasteiger partial charge in [-0.2, -0.15) is 0 Å². The highest BCUT2D eigenvalue weighted by molar-refractivity contribution is 5.23. The van der Waals surface area contributed by atoms with Crippen molar-refractivity contribution < 1.29 is 0 Å². The van der Waals surface area contributed by atoms with E-state index in [0.29, 0.717) is 0 Å². The summed E-state index contributed by atoms with van der Waals surface area (Å²) in [6, 6.07) is 0. The van der Waals surface area contributed by atoms with Gasteiger partial charge in [0.25, 0.3) is 0 Å². The van der Waals surface area contributed by atoms with Crippen molar-refractivity contribution >= 4 is 0 Å². The minimum Gasteiger partial charge on any atom is -0.317 e. The van der Waals surface area contributed by atoms with Crippen LogP contribution in [0.4, 0.5) is 0 Å². The lowest BCUT2D eigenvalue weighted by molar-refractivity contribution is 0.762. The van der Waals surface area contributed by atoms with Crippen LogP contribution in [0.1, 0.15) is 13.8 Å². The van der Waals surface area contributed by atoms with Gasteiger partial charge < -0.3 is 5.32 Å². The van der Waals surface area contributed by atoms with Gasteiger partial charge in [0, 0.05) is 6.42 Å². The Morgan fingerprint density at radius 1 is 0.900 bits per heavy atom. The summed E-state index contributed by atoms with van der Waals surface area (Å²) >= 11 is 0. The molecule has 0 heterocycles. The number of rotatable bonds is 2. The maximum Gasteiger partial charge on any atom is 0.00506 e. The Morgan fingerprint density at radius 3 is 1.50 bits per heavy atom. The summed E-state index contributed by atoms with van der Waals surface area (Å²) in [6.07, 6.45) is 10.0. The van der Waals surface area contributed by atoms with Crippen LogP contribution in [0.25, 0.3) is 0 Å². The summed E-state index contributed by atoms with van der Waals surface area (Å²) in [5, 5.41) is 3.11. The molecule has 1 nitrogen and oxygen atoms in total. The van der Waals surface area contributed by atoms with Crippen molar-refractivity contribution in [2.45, 2.75) is 13.8 Å². The van der Waals surface area contributed by atoms with Crippen molar-refractivity contribution in [1.82, 2.24) is 5.32 Å². The topological polar surface area (TPSA) is 12.0 Å². The van der Waals surface area contributed by atoms with Gasteiger partial charge >= 0.3 is 0 Å². The van der Waals surface area contributed by atoms with Crippen molar-refractivity contribution in [1.29, 1.82) is 0 Å². The summed E-state index contributed by atoms with van der Waals surface area (Å²) in [4.78, 5) is 0. The third-order valence-corrected chi connectivity index (χ3v) is 1.06. The molecule has 0 fully saturated rings. The molecule has 1 radical (unpaired) electrons. The smallest absolute Gasteiger partial charge is 0.00506 e. The molecule has 0 spiro atoms. The Kier molecular flexibility index (Phi) is 7.97. The molecule has 0 aromatic heterocycles. The molecule has 0 bridgehead atoms. The second kappa shape index (κ2) is 8.44. The van der Waals surface area contributed by atoms with E-state index in [0.717, 1.165) is 13.1 Å². The number of hydrogen-bond acceptors (Lipinski definition) is 1. The Labute approximate surface area is 63.8 Å². The first-order valence-corrected chi connectivity index (χ1v) is 3.79. The van der Waals surface area contributed by atoms with Crippen LogP contribution in [0.2, 0.25) is 0 Å². The predicted octanol–water partition coefficient (Wildman–Crippen LogP) is 1.93. The van der Waals surface area contributed by atoms with E-state index in [-0.39, 0.29) is 0 Å². The fraction of sp³-hybridized carbons (Fsp3) is 0.444. The zero-order valence-electron chi connectivity index (χ0n) is 6.80. The Bertz CT molecular complexity index is 91.3. The van der Waals surface area contributed by atoms with Gasteiger partial charge in [0.15, 0.2) is 0 Å². The molecular weight excluding hydrogens is 122 g/mol. The molecule has 57 valence electrons. The molecule has 0 unspecified atom stereocenters. The van der Waals surface area contributed by atoms with Crippen LogP contribution in [0.3, 0.4) is 0 Å². The average Bonchev–Trinajstić information content (AvgIpc) is 2.44. The standard InChI is InChI=1S/C5H5.C4H11N/c1-2-4-5-3-1;1-3-5-4-2/h1-5H;5H,3-4H2,1-2H3. The minimum atomic E-state index is 1.09. The monoisotopic (exact) mass is 138 g/mol. The van der Waals surface area contributed by atoms with E-state index in [1.165, 1.54) is 0 Å². The lowest BCUT2D eigenvalue weighted by atomic mass is 10.5. The molecule has 1 aliphatic rings. The lowest BCUT2D eigenvalue weighted by Gasteiger charge is -1.86. The zero-order chi connectivity index (χ0) is 7.66. The van der Waals surface area contributed by atoms with E-state index >= 15 is 0 Å². The van der Waals surface area contributed by atoms with Crippen LogP contribution in [0.5, 0.6) is 0 Å². The molecule has 0 amide bonds. The summed E-state index contributed by atoms with van der Waals surface area (Å²) in [6.45, 7) is 6.39. The minimum absolute atomic E-state index is 1.09. The van der Waals surface area contributed by atoms with Crippen LogP contribution in [0, 0.1) is 6.42 Å². The Hall–Kier alpha value is -0.560. The normalized spacial score (nSPS) is 13.0.